The predicted octanol–water partition coefficient (Wildman–Crippen LogP) is 2.72. The Bertz CT molecular complexity index is 224. The Hall–Kier alpha value is -0.120. The quantitative estimate of drug-likeness (QED) is 0.733. The molecule has 4 heteroatoms. The highest BCUT2D eigenvalue weighted by atomic mass is 35.5. The SMILES string of the molecule is CC(C)OCc1sncc1Cl. The Balaban J connectivity index is 2.44. The van der Waals surface area contributed by atoms with Crippen LogP contribution in [0.5, 0.6) is 0 Å². The largest absolute Gasteiger partial charge is 0.373 e. The average molecular weight is 192 g/mol. The summed E-state index contributed by atoms with van der Waals surface area (Å²) in [5.74, 6) is 0. The molecule has 1 aromatic heterocycles. The van der Waals surface area contributed by atoms with Gasteiger partial charge >= 0.3 is 0 Å². The Morgan fingerprint density at radius 3 is 2.91 bits per heavy atom. The Morgan fingerprint density at radius 2 is 2.45 bits per heavy atom. The summed E-state index contributed by atoms with van der Waals surface area (Å²) < 4.78 is 9.28. The van der Waals surface area contributed by atoms with Crippen molar-refractivity contribution in [2.45, 2.75) is 26.6 Å². The van der Waals surface area contributed by atoms with E-state index in [2.05, 4.69) is 4.37 Å². The van der Waals surface area contributed by atoms with E-state index >= 15 is 0 Å². The fraction of sp³-hybridized carbons (Fsp3) is 0.571. The van der Waals surface area contributed by atoms with Crippen LogP contribution in [0.15, 0.2) is 6.20 Å². The molecule has 0 spiro atoms. The molecule has 1 rings (SSSR count). The summed E-state index contributed by atoms with van der Waals surface area (Å²) in [6, 6.07) is 0. The average Bonchev–Trinajstić information content (AvgIpc) is 2.31. The van der Waals surface area contributed by atoms with E-state index in [1.807, 2.05) is 13.8 Å². The van der Waals surface area contributed by atoms with Gasteiger partial charge in [-0.15, -0.1) is 0 Å². The van der Waals surface area contributed by atoms with Crippen molar-refractivity contribution in [2.24, 2.45) is 0 Å². The van der Waals surface area contributed by atoms with E-state index in [-0.39, 0.29) is 6.10 Å². The molecule has 0 bridgehead atoms. The normalized spacial score (nSPS) is 10.9. The van der Waals surface area contributed by atoms with Crippen molar-refractivity contribution in [1.29, 1.82) is 0 Å². The molecule has 62 valence electrons. The molecule has 0 unspecified atom stereocenters. The van der Waals surface area contributed by atoms with E-state index in [1.54, 1.807) is 6.20 Å². The van der Waals surface area contributed by atoms with Crippen LogP contribution in [-0.2, 0) is 11.3 Å². The molecule has 0 N–H and O–H groups in total. The van der Waals surface area contributed by atoms with E-state index in [0.717, 1.165) is 4.88 Å². The minimum Gasteiger partial charge on any atom is -0.373 e. The zero-order valence-corrected chi connectivity index (χ0v) is 8.08. The molecular weight excluding hydrogens is 182 g/mol. The van der Waals surface area contributed by atoms with Crippen LogP contribution in [0.3, 0.4) is 0 Å². The number of hydrogen-bond acceptors (Lipinski definition) is 3. The second kappa shape index (κ2) is 4.04. The molecular formula is C7H10ClNOS. The third-order valence-electron chi connectivity index (χ3n) is 1.14. The van der Waals surface area contributed by atoms with Crippen molar-refractivity contribution in [2.75, 3.05) is 0 Å². The number of nitrogens with zero attached hydrogens (tertiary/aromatic N) is 1. The standard InChI is InChI=1S/C7H10ClNOS/c1-5(2)10-4-7-6(8)3-9-11-7/h3,5H,4H2,1-2H3. The summed E-state index contributed by atoms with van der Waals surface area (Å²) in [6.07, 6.45) is 1.89. The van der Waals surface area contributed by atoms with Gasteiger partial charge < -0.3 is 4.74 Å². The van der Waals surface area contributed by atoms with Crippen LogP contribution in [0.25, 0.3) is 0 Å². The highest BCUT2D eigenvalue weighted by Crippen LogP contribution is 2.20. The fourth-order valence-electron chi connectivity index (χ4n) is 0.589. The molecule has 0 radical (unpaired) electrons. The Labute approximate surface area is 75.3 Å². The molecule has 0 saturated carbocycles. The smallest absolute Gasteiger partial charge is 0.0843 e. The molecule has 11 heavy (non-hydrogen) atoms. The van der Waals surface area contributed by atoms with Gasteiger partial charge in [0.1, 0.15) is 0 Å². The van der Waals surface area contributed by atoms with Gasteiger partial charge in [0, 0.05) is 0 Å². The van der Waals surface area contributed by atoms with Crippen molar-refractivity contribution in [3.8, 4) is 0 Å². The molecule has 2 nitrogen and oxygen atoms in total. The number of ether oxygens (including phenoxy) is 1. The van der Waals surface area contributed by atoms with Crippen molar-refractivity contribution < 1.29 is 4.74 Å². The molecule has 0 aliphatic rings. The summed E-state index contributed by atoms with van der Waals surface area (Å²) >= 11 is 7.18. The highest BCUT2D eigenvalue weighted by Gasteiger charge is 2.03. The van der Waals surface area contributed by atoms with Crippen LogP contribution in [0.4, 0.5) is 0 Å². The van der Waals surface area contributed by atoms with Crippen LogP contribution in [-0.4, -0.2) is 10.5 Å². The lowest BCUT2D eigenvalue weighted by atomic mass is 10.4. The van der Waals surface area contributed by atoms with Gasteiger partial charge in [-0.05, 0) is 25.4 Å². The van der Waals surface area contributed by atoms with Crippen LogP contribution in [0.2, 0.25) is 5.02 Å². The summed E-state index contributed by atoms with van der Waals surface area (Å²) in [7, 11) is 0. The highest BCUT2D eigenvalue weighted by molar-refractivity contribution is 7.06. The minimum absolute atomic E-state index is 0.244. The van der Waals surface area contributed by atoms with Gasteiger partial charge in [-0.3, -0.25) is 0 Å². The van der Waals surface area contributed by atoms with Crippen molar-refractivity contribution in [3.05, 3.63) is 16.1 Å². The van der Waals surface area contributed by atoms with Crippen LogP contribution in [0, 0.1) is 0 Å². The van der Waals surface area contributed by atoms with E-state index in [0.29, 0.717) is 11.6 Å². The summed E-state index contributed by atoms with van der Waals surface area (Å²) in [5.41, 5.74) is 0. The third-order valence-corrected chi connectivity index (χ3v) is 2.35. The number of hydrogen-bond donors (Lipinski definition) is 0. The summed E-state index contributed by atoms with van der Waals surface area (Å²) in [4.78, 5) is 1.00. The topological polar surface area (TPSA) is 22.1 Å². The third kappa shape index (κ3) is 2.77. The van der Waals surface area contributed by atoms with Gasteiger partial charge in [0.25, 0.3) is 0 Å². The maximum absolute atomic E-state index is 5.79. The van der Waals surface area contributed by atoms with E-state index in [9.17, 15) is 0 Å². The van der Waals surface area contributed by atoms with Crippen molar-refractivity contribution in [3.63, 3.8) is 0 Å². The first-order valence-corrected chi connectivity index (χ1v) is 4.56. The van der Waals surface area contributed by atoms with E-state index < -0.39 is 0 Å². The number of rotatable bonds is 3. The first-order chi connectivity index (χ1) is 5.20. The molecule has 0 amide bonds. The molecule has 0 atom stereocenters. The van der Waals surface area contributed by atoms with Crippen LogP contribution < -0.4 is 0 Å². The second-order valence-corrected chi connectivity index (χ2v) is 3.75. The summed E-state index contributed by atoms with van der Waals surface area (Å²) in [5, 5.41) is 0.704. The van der Waals surface area contributed by atoms with Crippen LogP contribution >= 0.6 is 23.1 Å². The zero-order valence-electron chi connectivity index (χ0n) is 6.50. The first-order valence-electron chi connectivity index (χ1n) is 3.41. The first kappa shape index (κ1) is 8.97. The molecule has 0 fully saturated rings. The Morgan fingerprint density at radius 1 is 1.73 bits per heavy atom. The second-order valence-electron chi connectivity index (χ2n) is 2.46. The summed E-state index contributed by atoms with van der Waals surface area (Å²) in [6.45, 7) is 4.56. The lowest BCUT2D eigenvalue weighted by Crippen LogP contribution is -2.00. The minimum atomic E-state index is 0.244. The lowest BCUT2D eigenvalue weighted by molar-refractivity contribution is 0.0675. The van der Waals surface area contributed by atoms with Gasteiger partial charge in [0.2, 0.25) is 0 Å². The molecule has 1 aromatic rings. The molecule has 0 aromatic carbocycles. The van der Waals surface area contributed by atoms with Crippen molar-refractivity contribution in [1.82, 2.24) is 4.37 Å². The zero-order chi connectivity index (χ0) is 8.27. The predicted molar refractivity (Wildman–Crippen MR) is 47.0 cm³/mol. The molecule has 0 saturated heterocycles. The van der Waals surface area contributed by atoms with Gasteiger partial charge in [-0.1, -0.05) is 11.6 Å². The lowest BCUT2D eigenvalue weighted by Gasteiger charge is -2.04. The Kier molecular flexibility index (Phi) is 3.30. The van der Waals surface area contributed by atoms with Gasteiger partial charge in [-0.25, -0.2) is 0 Å². The van der Waals surface area contributed by atoms with E-state index in [1.165, 1.54) is 11.5 Å². The van der Waals surface area contributed by atoms with Crippen LogP contribution in [0.1, 0.15) is 18.7 Å². The number of aromatic nitrogens is 1. The molecule has 1 heterocycles. The van der Waals surface area contributed by atoms with Gasteiger partial charge in [0.15, 0.2) is 0 Å². The molecule has 0 aliphatic heterocycles. The maximum Gasteiger partial charge on any atom is 0.0843 e. The monoisotopic (exact) mass is 191 g/mol. The number of halogens is 1. The van der Waals surface area contributed by atoms with E-state index in [4.69, 9.17) is 16.3 Å². The fourth-order valence-corrected chi connectivity index (χ4v) is 1.40. The van der Waals surface area contributed by atoms with Crippen molar-refractivity contribution >= 4 is 23.1 Å². The van der Waals surface area contributed by atoms with Gasteiger partial charge in [0.05, 0.1) is 28.8 Å². The van der Waals surface area contributed by atoms with Gasteiger partial charge in [-0.2, -0.15) is 4.37 Å². The molecule has 0 aliphatic carbocycles. The maximum atomic E-state index is 5.79.